The average Bonchev–Trinajstić information content (AvgIpc) is 2.62. The molecule has 2 nitrogen and oxygen atoms in total. The van der Waals surface area contributed by atoms with Crippen molar-refractivity contribution in [2.75, 3.05) is 19.6 Å². The van der Waals surface area contributed by atoms with E-state index in [4.69, 9.17) is 5.73 Å². The highest BCUT2D eigenvalue weighted by molar-refractivity contribution is 5.85. The van der Waals surface area contributed by atoms with Crippen molar-refractivity contribution >= 4 is 12.4 Å². The van der Waals surface area contributed by atoms with Crippen LogP contribution in [0.1, 0.15) is 36.8 Å². The molecule has 1 fully saturated rings. The molecule has 26 heavy (non-hydrogen) atoms. The first kappa shape index (κ1) is 20.8. The van der Waals surface area contributed by atoms with Crippen LogP contribution in [0.15, 0.2) is 48.5 Å². The molecule has 2 aromatic rings. The standard InChI is InChI=1S/C21H26F2N2.ClH/c1-15(24)16-10-12-25(13-11-16)14-21(17-2-6-19(22)7-3-17)18-4-8-20(23)9-5-18;/h2-9,15-16,21H,10-14,24H2,1H3;1H. The van der Waals surface area contributed by atoms with Gasteiger partial charge in [-0.05, 0) is 74.2 Å². The van der Waals surface area contributed by atoms with Gasteiger partial charge >= 0.3 is 0 Å². The van der Waals surface area contributed by atoms with Crippen molar-refractivity contribution in [2.24, 2.45) is 11.7 Å². The van der Waals surface area contributed by atoms with E-state index in [0.717, 1.165) is 43.6 Å². The van der Waals surface area contributed by atoms with Crippen molar-refractivity contribution in [3.8, 4) is 0 Å². The van der Waals surface area contributed by atoms with Crippen LogP contribution >= 0.6 is 12.4 Å². The van der Waals surface area contributed by atoms with Crippen LogP contribution in [-0.2, 0) is 0 Å². The summed E-state index contributed by atoms with van der Waals surface area (Å²) in [7, 11) is 0. The van der Waals surface area contributed by atoms with Gasteiger partial charge in [0.25, 0.3) is 0 Å². The minimum atomic E-state index is -0.237. The molecule has 0 bridgehead atoms. The summed E-state index contributed by atoms with van der Waals surface area (Å²) in [5.74, 6) is 0.220. The Kier molecular flexibility index (Phi) is 7.56. The fourth-order valence-corrected chi connectivity index (χ4v) is 3.71. The Balaban J connectivity index is 0.00000243. The van der Waals surface area contributed by atoms with E-state index in [1.165, 1.54) is 24.3 Å². The van der Waals surface area contributed by atoms with Crippen molar-refractivity contribution < 1.29 is 8.78 Å². The van der Waals surface area contributed by atoms with Gasteiger partial charge in [-0.2, -0.15) is 0 Å². The molecule has 5 heteroatoms. The summed E-state index contributed by atoms with van der Waals surface area (Å²) in [5, 5.41) is 0. The fourth-order valence-electron chi connectivity index (χ4n) is 3.71. The Bertz CT molecular complexity index is 620. The van der Waals surface area contributed by atoms with Gasteiger partial charge in [0.05, 0.1) is 0 Å². The molecule has 0 radical (unpaired) electrons. The van der Waals surface area contributed by atoms with Crippen LogP contribution in [0.2, 0.25) is 0 Å². The predicted molar refractivity (Wildman–Crippen MR) is 105 cm³/mol. The Labute approximate surface area is 160 Å². The first-order valence-corrected chi connectivity index (χ1v) is 9.02. The lowest BCUT2D eigenvalue weighted by atomic mass is 9.87. The first-order chi connectivity index (χ1) is 12.0. The quantitative estimate of drug-likeness (QED) is 0.822. The highest BCUT2D eigenvalue weighted by atomic mass is 35.5. The van der Waals surface area contributed by atoms with Gasteiger partial charge in [-0.3, -0.25) is 0 Å². The number of halogens is 3. The number of rotatable bonds is 5. The van der Waals surface area contributed by atoms with Gasteiger partial charge < -0.3 is 10.6 Å². The van der Waals surface area contributed by atoms with Gasteiger partial charge in [-0.15, -0.1) is 12.4 Å². The molecule has 0 aliphatic carbocycles. The lowest BCUT2D eigenvalue weighted by molar-refractivity contribution is 0.168. The number of hydrogen-bond acceptors (Lipinski definition) is 2. The Morgan fingerprint density at radius 2 is 1.35 bits per heavy atom. The van der Waals surface area contributed by atoms with E-state index in [-0.39, 0.29) is 36.0 Å². The zero-order chi connectivity index (χ0) is 17.8. The van der Waals surface area contributed by atoms with Gasteiger partial charge in [0, 0.05) is 18.5 Å². The molecule has 0 aromatic heterocycles. The SMILES string of the molecule is CC(N)C1CCN(CC(c2ccc(F)cc2)c2ccc(F)cc2)CC1.Cl. The first-order valence-electron chi connectivity index (χ1n) is 9.02. The minimum absolute atomic E-state index is 0. The van der Waals surface area contributed by atoms with Gasteiger partial charge in [0.1, 0.15) is 11.6 Å². The summed E-state index contributed by atoms with van der Waals surface area (Å²) in [5.41, 5.74) is 8.15. The molecule has 3 rings (SSSR count). The topological polar surface area (TPSA) is 29.3 Å². The lowest BCUT2D eigenvalue weighted by Crippen LogP contribution is -2.41. The molecule has 2 N–H and O–H groups in total. The summed E-state index contributed by atoms with van der Waals surface area (Å²) >= 11 is 0. The third kappa shape index (κ3) is 5.26. The molecular weight excluding hydrogens is 354 g/mol. The third-order valence-electron chi connectivity index (χ3n) is 5.36. The van der Waals surface area contributed by atoms with Crippen LogP contribution < -0.4 is 5.73 Å². The Hall–Kier alpha value is -1.49. The molecule has 1 unspecified atom stereocenters. The summed E-state index contributed by atoms with van der Waals surface area (Å²) in [4.78, 5) is 2.44. The molecule has 0 spiro atoms. The van der Waals surface area contributed by atoms with E-state index < -0.39 is 0 Å². The van der Waals surface area contributed by atoms with Gasteiger partial charge in [0.2, 0.25) is 0 Å². The van der Waals surface area contributed by atoms with Gasteiger partial charge in [-0.1, -0.05) is 24.3 Å². The summed E-state index contributed by atoms with van der Waals surface area (Å²) < 4.78 is 26.6. The van der Waals surface area contributed by atoms with Crippen LogP contribution in [0.4, 0.5) is 8.78 Å². The molecule has 142 valence electrons. The zero-order valence-corrected chi connectivity index (χ0v) is 15.9. The molecule has 0 saturated carbocycles. The van der Waals surface area contributed by atoms with E-state index in [2.05, 4.69) is 11.8 Å². The van der Waals surface area contributed by atoms with E-state index in [1.807, 2.05) is 24.3 Å². The largest absolute Gasteiger partial charge is 0.328 e. The van der Waals surface area contributed by atoms with Crippen LogP contribution in [0, 0.1) is 17.6 Å². The van der Waals surface area contributed by atoms with Crippen molar-refractivity contribution in [3.05, 3.63) is 71.3 Å². The monoisotopic (exact) mass is 380 g/mol. The van der Waals surface area contributed by atoms with Crippen molar-refractivity contribution in [2.45, 2.75) is 31.7 Å². The predicted octanol–water partition coefficient (Wildman–Crippen LogP) is 4.58. The lowest BCUT2D eigenvalue weighted by Gasteiger charge is -2.36. The van der Waals surface area contributed by atoms with Crippen LogP contribution in [0.25, 0.3) is 0 Å². The van der Waals surface area contributed by atoms with E-state index in [0.29, 0.717) is 5.92 Å². The number of nitrogens with zero attached hydrogens (tertiary/aromatic N) is 1. The maximum absolute atomic E-state index is 13.3. The highest BCUT2D eigenvalue weighted by Crippen LogP contribution is 2.28. The number of nitrogens with two attached hydrogens (primary N) is 1. The summed E-state index contributed by atoms with van der Waals surface area (Å²) in [6, 6.07) is 13.5. The average molecular weight is 381 g/mol. The third-order valence-corrected chi connectivity index (χ3v) is 5.36. The van der Waals surface area contributed by atoms with Crippen molar-refractivity contribution in [1.82, 2.24) is 4.90 Å². The fraction of sp³-hybridized carbons (Fsp3) is 0.429. The Morgan fingerprint density at radius 3 is 1.73 bits per heavy atom. The van der Waals surface area contributed by atoms with E-state index in [1.54, 1.807) is 0 Å². The normalized spacial score (nSPS) is 17.1. The molecule has 2 aromatic carbocycles. The molecule has 1 heterocycles. The second-order valence-corrected chi connectivity index (χ2v) is 7.15. The molecule has 0 amide bonds. The maximum atomic E-state index is 13.3. The number of piperidine rings is 1. The zero-order valence-electron chi connectivity index (χ0n) is 15.1. The van der Waals surface area contributed by atoms with Crippen molar-refractivity contribution in [1.29, 1.82) is 0 Å². The second kappa shape index (κ2) is 9.45. The number of hydrogen-bond donors (Lipinski definition) is 1. The van der Waals surface area contributed by atoms with E-state index in [9.17, 15) is 8.78 Å². The molecule has 1 aliphatic rings. The molecule has 1 aliphatic heterocycles. The van der Waals surface area contributed by atoms with Gasteiger partial charge in [-0.25, -0.2) is 8.78 Å². The maximum Gasteiger partial charge on any atom is 0.123 e. The summed E-state index contributed by atoms with van der Waals surface area (Å²) in [6.45, 7) is 4.97. The van der Waals surface area contributed by atoms with Crippen LogP contribution in [-0.4, -0.2) is 30.6 Å². The minimum Gasteiger partial charge on any atom is -0.328 e. The number of likely N-dealkylation sites (tertiary alicyclic amines) is 1. The van der Waals surface area contributed by atoms with Crippen LogP contribution in [0.5, 0.6) is 0 Å². The number of benzene rings is 2. The summed E-state index contributed by atoms with van der Waals surface area (Å²) in [6.07, 6.45) is 2.22. The van der Waals surface area contributed by atoms with E-state index >= 15 is 0 Å². The Morgan fingerprint density at radius 1 is 0.923 bits per heavy atom. The second-order valence-electron chi connectivity index (χ2n) is 7.15. The smallest absolute Gasteiger partial charge is 0.123 e. The molecular formula is C21H27ClF2N2. The molecule has 1 atom stereocenters. The molecule has 1 saturated heterocycles. The van der Waals surface area contributed by atoms with Gasteiger partial charge in [0.15, 0.2) is 0 Å². The van der Waals surface area contributed by atoms with Crippen molar-refractivity contribution in [3.63, 3.8) is 0 Å². The van der Waals surface area contributed by atoms with Crippen LogP contribution in [0.3, 0.4) is 0 Å². The highest BCUT2D eigenvalue weighted by Gasteiger charge is 2.25.